The van der Waals surface area contributed by atoms with Crippen molar-refractivity contribution in [2.45, 2.75) is 4.90 Å². The van der Waals surface area contributed by atoms with Gasteiger partial charge in [0, 0.05) is 29.4 Å². The quantitative estimate of drug-likeness (QED) is 0.884. The van der Waals surface area contributed by atoms with E-state index >= 15 is 0 Å². The van der Waals surface area contributed by atoms with E-state index in [1.165, 1.54) is 12.1 Å². The average molecular weight is 381 g/mol. The van der Waals surface area contributed by atoms with Crippen molar-refractivity contribution < 1.29 is 17.9 Å². The molecule has 8 heteroatoms. The van der Waals surface area contributed by atoms with E-state index in [9.17, 15) is 13.2 Å². The highest BCUT2D eigenvalue weighted by atomic mass is 35.5. The molecule has 6 nitrogen and oxygen atoms in total. The van der Waals surface area contributed by atoms with Crippen molar-refractivity contribution in [3.63, 3.8) is 0 Å². The summed E-state index contributed by atoms with van der Waals surface area (Å²) in [6.45, 7) is 2.18. The number of ether oxygens (including phenoxy) is 1. The van der Waals surface area contributed by atoms with Crippen LogP contribution >= 0.6 is 11.6 Å². The number of hydrogen-bond acceptors (Lipinski definition) is 4. The Bertz CT molecular complexity index is 862. The fourth-order valence-corrected chi connectivity index (χ4v) is 3.84. The van der Waals surface area contributed by atoms with Crippen LogP contribution in [-0.2, 0) is 14.8 Å². The van der Waals surface area contributed by atoms with Gasteiger partial charge in [0.05, 0.1) is 18.1 Å². The molecule has 0 aliphatic carbocycles. The molecule has 3 rings (SSSR count). The van der Waals surface area contributed by atoms with Crippen LogP contribution in [0.1, 0.15) is 10.4 Å². The number of nitrogens with zero attached hydrogens (tertiary/aromatic N) is 1. The zero-order valence-corrected chi connectivity index (χ0v) is 14.9. The van der Waals surface area contributed by atoms with Crippen LogP contribution in [0.3, 0.4) is 0 Å². The van der Waals surface area contributed by atoms with Crippen LogP contribution in [0.15, 0.2) is 53.4 Å². The van der Waals surface area contributed by atoms with E-state index in [1.54, 1.807) is 41.3 Å². The van der Waals surface area contributed by atoms with Crippen LogP contribution in [0.25, 0.3) is 0 Å². The lowest BCUT2D eigenvalue weighted by atomic mass is 10.2. The fraction of sp³-hybridized carbons (Fsp3) is 0.235. The van der Waals surface area contributed by atoms with Gasteiger partial charge >= 0.3 is 0 Å². The summed E-state index contributed by atoms with van der Waals surface area (Å²) in [7, 11) is -3.74. The molecule has 1 fully saturated rings. The van der Waals surface area contributed by atoms with E-state index in [-0.39, 0.29) is 10.8 Å². The molecular formula is C17H17ClN2O4S. The maximum atomic E-state index is 12.4. The summed E-state index contributed by atoms with van der Waals surface area (Å²) >= 11 is 5.84. The van der Waals surface area contributed by atoms with E-state index in [2.05, 4.69) is 4.72 Å². The fourth-order valence-electron chi connectivity index (χ4n) is 2.48. The Kier molecular flexibility index (Phi) is 5.27. The highest BCUT2D eigenvalue weighted by Gasteiger charge is 2.19. The van der Waals surface area contributed by atoms with E-state index in [4.69, 9.17) is 16.3 Å². The topological polar surface area (TPSA) is 75.7 Å². The number of rotatable bonds is 4. The molecule has 2 aromatic carbocycles. The highest BCUT2D eigenvalue weighted by Crippen LogP contribution is 2.20. The predicted molar refractivity (Wildman–Crippen MR) is 95.4 cm³/mol. The molecule has 1 aliphatic rings. The maximum Gasteiger partial charge on any atom is 0.261 e. The lowest BCUT2D eigenvalue weighted by Crippen LogP contribution is -2.40. The molecule has 1 saturated heterocycles. The second-order valence-electron chi connectivity index (χ2n) is 5.54. The number of carbonyl (C=O) groups is 1. The van der Waals surface area contributed by atoms with Crippen molar-refractivity contribution in [3.8, 4) is 0 Å². The summed E-state index contributed by atoms with van der Waals surface area (Å²) in [6, 6.07) is 12.4. The van der Waals surface area contributed by atoms with E-state index in [1.807, 2.05) is 0 Å². The van der Waals surface area contributed by atoms with E-state index in [0.717, 1.165) is 0 Å². The van der Waals surface area contributed by atoms with Gasteiger partial charge in [0.1, 0.15) is 0 Å². The van der Waals surface area contributed by atoms with Crippen LogP contribution in [0.2, 0.25) is 5.02 Å². The van der Waals surface area contributed by atoms with Crippen molar-refractivity contribution in [2.75, 3.05) is 31.0 Å². The van der Waals surface area contributed by atoms with Crippen LogP contribution in [-0.4, -0.2) is 45.5 Å². The number of hydrogen-bond donors (Lipinski definition) is 1. The molecule has 25 heavy (non-hydrogen) atoms. The first kappa shape index (κ1) is 17.7. The molecule has 0 radical (unpaired) electrons. The molecule has 1 amide bonds. The number of morpholine rings is 1. The number of amides is 1. The van der Waals surface area contributed by atoms with Crippen LogP contribution in [0.5, 0.6) is 0 Å². The summed E-state index contributed by atoms with van der Waals surface area (Å²) in [5.74, 6) is -0.0902. The van der Waals surface area contributed by atoms with Gasteiger partial charge in [-0.05, 0) is 42.5 Å². The first-order chi connectivity index (χ1) is 12.0. The van der Waals surface area contributed by atoms with E-state index < -0.39 is 10.0 Å². The van der Waals surface area contributed by atoms with Gasteiger partial charge in [-0.25, -0.2) is 8.42 Å². The van der Waals surface area contributed by atoms with Gasteiger partial charge in [-0.3, -0.25) is 9.52 Å². The SMILES string of the molecule is O=C(c1ccc(NS(=O)(=O)c2cccc(Cl)c2)cc1)N1CCOCC1. The standard InChI is InChI=1S/C17H17ClN2O4S/c18-14-2-1-3-16(12-14)25(22,23)19-15-6-4-13(5-7-15)17(21)20-8-10-24-11-9-20/h1-7,12,19H,8-11H2. The minimum atomic E-state index is -3.74. The summed E-state index contributed by atoms with van der Waals surface area (Å²) in [5, 5.41) is 0.342. The number of carbonyl (C=O) groups excluding carboxylic acids is 1. The van der Waals surface area contributed by atoms with Gasteiger partial charge in [0.25, 0.3) is 15.9 Å². The molecular weight excluding hydrogens is 364 g/mol. The maximum absolute atomic E-state index is 12.4. The van der Waals surface area contributed by atoms with Crippen LogP contribution in [0, 0.1) is 0 Å². The Balaban J connectivity index is 1.73. The Morgan fingerprint density at radius 3 is 2.40 bits per heavy atom. The lowest BCUT2D eigenvalue weighted by Gasteiger charge is -2.26. The molecule has 0 atom stereocenters. The molecule has 0 saturated carbocycles. The lowest BCUT2D eigenvalue weighted by molar-refractivity contribution is 0.0303. The smallest absolute Gasteiger partial charge is 0.261 e. The third-order valence-corrected chi connectivity index (χ3v) is 5.40. The minimum Gasteiger partial charge on any atom is -0.378 e. The Labute approximate surface area is 151 Å². The molecule has 1 heterocycles. The van der Waals surface area contributed by atoms with Crippen molar-refractivity contribution in [1.82, 2.24) is 4.90 Å². The van der Waals surface area contributed by atoms with Gasteiger partial charge in [0.15, 0.2) is 0 Å². The molecule has 132 valence electrons. The van der Waals surface area contributed by atoms with Crippen LogP contribution in [0.4, 0.5) is 5.69 Å². The molecule has 1 N–H and O–H groups in total. The van der Waals surface area contributed by atoms with Crippen molar-refractivity contribution in [3.05, 3.63) is 59.1 Å². The average Bonchev–Trinajstić information content (AvgIpc) is 2.62. The number of benzene rings is 2. The third-order valence-electron chi connectivity index (χ3n) is 3.79. The number of sulfonamides is 1. The summed E-state index contributed by atoms with van der Waals surface area (Å²) in [5.41, 5.74) is 0.881. The Morgan fingerprint density at radius 1 is 1.08 bits per heavy atom. The second kappa shape index (κ2) is 7.43. The van der Waals surface area contributed by atoms with Gasteiger partial charge < -0.3 is 9.64 Å². The van der Waals surface area contributed by atoms with Gasteiger partial charge in [-0.2, -0.15) is 0 Å². The number of halogens is 1. The van der Waals surface area contributed by atoms with Gasteiger partial charge in [-0.15, -0.1) is 0 Å². The highest BCUT2D eigenvalue weighted by molar-refractivity contribution is 7.92. The molecule has 0 bridgehead atoms. The van der Waals surface area contributed by atoms with E-state index in [0.29, 0.717) is 42.6 Å². The summed E-state index contributed by atoms with van der Waals surface area (Å²) in [6.07, 6.45) is 0. The molecule has 1 aliphatic heterocycles. The molecule has 0 spiro atoms. The van der Waals surface area contributed by atoms with Gasteiger partial charge in [-0.1, -0.05) is 17.7 Å². The summed E-state index contributed by atoms with van der Waals surface area (Å²) < 4.78 is 32.4. The van der Waals surface area contributed by atoms with Gasteiger partial charge in [0.2, 0.25) is 0 Å². The zero-order valence-electron chi connectivity index (χ0n) is 13.3. The largest absolute Gasteiger partial charge is 0.378 e. The first-order valence-electron chi connectivity index (χ1n) is 7.71. The number of anilines is 1. The van der Waals surface area contributed by atoms with Crippen molar-refractivity contribution >= 4 is 33.2 Å². The van der Waals surface area contributed by atoms with Crippen molar-refractivity contribution in [1.29, 1.82) is 0 Å². The second-order valence-corrected chi connectivity index (χ2v) is 7.66. The van der Waals surface area contributed by atoms with Crippen molar-refractivity contribution in [2.24, 2.45) is 0 Å². The van der Waals surface area contributed by atoms with Crippen LogP contribution < -0.4 is 4.72 Å². The normalized spacial score (nSPS) is 15.0. The minimum absolute atomic E-state index is 0.0773. The third kappa shape index (κ3) is 4.31. The first-order valence-corrected chi connectivity index (χ1v) is 9.57. The summed E-state index contributed by atoms with van der Waals surface area (Å²) in [4.78, 5) is 14.2. The zero-order chi connectivity index (χ0) is 17.9. The monoisotopic (exact) mass is 380 g/mol. The Morgan fingerprint density at radius 2 is 1.76 bits per heavy atom. The molecule has 0 aromatic heterocycles. The molecule has 0 unspecified atom stereocenters. The Hall–Kier alpha value is -2.09. The predicted octanol–water partition coefficient (Wildman–Crippen LogP) is 2.61. The number of nitrogens with one attached hydrogen (secondary N) is 1. The molecule has 2 aromatic rings.